The third-order valence-corrected chi connectivity index (χ3v) is 3.92. The van der Waals surface area contributed by atoms with Crippen molar-refractivity contribution in [3.05, 3.63) is 46.3 Å². The number of azide groups is 1. The van der Waals surface area contributed by atoms with Gasteiger partial charge in [0, 0.05) is 36.6 Å². The molecule has 0 aromatic heterocycles. The van der Waals surface area contributed by atoms with Crippen LogP contribution in [0.5, 0.6) is 0 Å². The van der Waals surface area contributed by atoms with Crippen LogP contribution in [0, 0.1) is 0 Å². The van der Waals surface area contributed by atoms with Crippen molar-refractivity contribution < 1.29 is 9.53 Å². The molecule has 2 atom stereocenters. The molecule has 0 saturated carbocycles. The average molecular weight is 331 g/mol. The van der Waals surface area contributed by atoms with Gasteiger partial charge >= 0.3 is 6.09 Å². The average Bonchev–Trinajstić information content (AvgIpc) is 2.86. The van der Waals surface area contributed by atoms with Crippen LogP contribution < -0.4 is 5.32 Å². The quantitative estimate of drug-likeness (QED) is 0.509. The number of rotatable bonds is 5. The molecule has 2 rings (SSSR count). The van der Waals surface area contributed by atoms with E-state index in [0.29, 0.717) is 6.54 Å². The van der Waals surface area contributed by atoms with Crippen LogP contribution in [-0.2, 0) is 11.3 Å². The van der Waals surface area contributed by atoms with E-state index in [1.54, 1.807) is 0 Å². The Bertz CT molecular complexity index is 593. The molecule has 0 unspecified atom stereocenters. The lowest BCUT2D eigenvalue weighted by Crippen LogP contribution is -2.47. The van der Waals surface area contributed by atoms with Gasteiger partial charge in [-0.3, -0.25) is 4.90 Å². The minimum absolute atomic E-state index is 0.0337. The van der Waals surface area contributed by atoms with Crippen LogP contribution in [0.3, 0.4) is 0 Å². The highest BCUT2D eigenvalue weighted by Crippen LogP contribution is 2.22. The first-order valence-electron chi connectivity index (χ1n) is 8.17. The van der Waals surface area contributed by atoms with Gasteiger partial charge in [0.2, 0.25) is 0 Å². The molecule has 0 aliphatic carbocycles. The maximum atomic E-state index is 12.0. The summed E-state index contributed by atoms with van der Waals surface area (Å²) in [6.45, 7) is 7.42. The Labute approximate surface area is 142 Å². The summed E-state index contributed by atoms with van der Waals surface area (Å²) in [4.78, 5) is 17.2. The number of alkyl carbamates (subject to hydrolysis) is 1. The second kappa shape index (κ2) is 8.04. The maximum absolute atomic E-state index is 12.0. The molecule has 1 amide bonds. The standard InChI is InChI=1S/C17H25N5O2/c1-17(2,3)24-16(23)20-14-9-10-22(15(14)11-19-21-18)12-13-7-5-4-6-8-13/h4-8,14-15H,9-12H2,1-3H3,(H,20,23)/t14-,15-/m1/s1. The minimum Gasteiger partial charge on any atom is -0.444 e. The molecule has 0 radical (unpaired) electrons. The number of carbonyl (C=O) groups is 1. The topological polar surface area (TPSA) is 90.3 Å². The van der Waals surface area contributed by atoms with Gasteiger partial charge in [0.15, 0.2) is 0 Å². The second-order valence-corrected chi connectivity index (χ2v) is 6.98. The Hall–Kier alpha value is -2.24. The predicted molar refractivity (Wildman–Crippen MR) is 92.4 cm³/mol. The van der Waals surface area contributed by atoms with Crippen LogP contribution in [-0.4, -0.2) is 41.8 Å². The smallest absolute Gasteiger partial charge is 0.407 e. The van der Waals surface area contributed by atoms with E-state index in [2.05, 4.69) is 32.4 Å². The number of hydrogen-bond donors (Lipinski definition) is 1. The maximum Gasteiger partial charge on any atom is 0.407 e. The highest BCUT2D eigenvalue weighted by molar-refractivity contribution is 5.68. The molecule has 1 aromatic rings. The fraction of sp³-hybridized carbons (Fsp3) is 0.588. The van der Waals surface area contributed by atoms with E-state index in [4.69, 9.17) is 10.3 Å². The SMILES string of the molecule is CC(C)(C)OC(=O)N[C@@H]1CCN(Cc2ccccc2)[C@@H]1CN=[N+]=[N-]. The van der Waals surface area contributed by atoms with Crippen molar-refractivity contribution in [3.8, 4) is 0 Å². The summed E-state index contributed by atoms with van der Waals surface area (Å²) < 4.78 is 5.33. The number of hydrogen-bond acceptors (Lipinski definition) is 4. The van der Waals surface area contributed by atoms with Crippen LogP contribution in [0.4, 0.5) is 4.79 Å². The summed E-state index contributed by atoms with van der Waals surface area (Å²) in [5.74, 6) is 0. The summed E-state index contributed by atoms with van der Waals surface area (Å²) in [5.41, 5.74) is 9.31. The normalized spacial score (nSPS) is 21.1. The summed E-state index contributed by atoms with van der Waals surface area (Å²) in [7, 11) is 0. The molecular weight excluding hydrogens is 306 g/mol. The lowest BCUT2D eigenvalue weighted by Gasteiger charge is -2.28. The third-order valence-electron chi connectivity index (χ3n) is 3.92. The van der Waals surface area contributed by atoms with Crippen LogP contribution in [0.1, 0.15) is 32.8 Å². The van der Waals surface area contributed by atoms with Crippen molar-refractivity contribution in [2.45, 2.75) is 51.4 Å². The Balaban J connectivity index is 2.03. The summed E-state index contributed by atoms with van der Waals surface area (Å²) in [6, 6.07) is 10.0. The zero-order valence-electron chi connectivity index (χ0n) is 14.5. The van der Waals surface area contributed by atoms with Crippen molar-refractivity contribution in [2.24, 2.45) is 5.11 Å². The number of ether oxygens (including phenoxy) is 1. The molecule has 1 aliphatic rings. The predicted octanol–water partition coefficient (Wildman–Crippen LogP) is 3.46. The monoisotopic (exact) mass is 331 g/mol. The van der Waals surface area contributed by atoms with E-state index in [1.165, 1.54) is 5.56 Å². The molecule has 1 aromatic carbocycles. The molecule has 0 spiro atoms. The van der Waals surface area contributed by atoms with Gasteiger partial charge in [-0.1, -0.05) is 35.4 Å². The van der Waals surface area contributed by atoms with E-state index in [9.17, 15) is 4.79 Å². The number of nitrogens with one attached hydrogen (secondary N) is 1. The summed E-state index contributed by atoms with van der Waals surface area (Å²) >= 11 is 0. The van der Waals surface area contributed by atoms with Crippen LogP contribution in [0.25, 0.3) is 10.4 Å². The van der Waals surface area contributed by atoms with Crippen molar-refractivity contribution in [1.82, 2.24) is 10.2 Å². The molecule has 1 N–H and O–H groups in total. The van der Waals surface area contributed by atoms with Gasteiger partial charge in [-0.25, -0.2) is 4.79 Å². The van der Waals surface area contributed by atoms with Gasteiger partial charge in [0.05, 0.1) is 0 Å². The van der Waals surface area contributed by atoms with Gasteiger partial charge in [-0.05, 0) is 38.3 Å². The molecule has 7 nitrogen and oxygen atoms in total. The first kappa shape index (κ1) is 18.1. The Morgan fingerprint density at radius 3 is 2.75 bits per heavy atom. The molecule has 1 saturated heterocycles. The molecule has 1 fully saturated rings. The van der Waals surface area contributed by atoms with Gasteiger partial charge in [-0.2, -0.15) is 0 Å². The van der Waals surface area contributed by atoms with E-state index in [1.807, 2.05) is 39.0 Å². The number of carbonyl (C=O) groups excluding carboxylic acids is 1. The molecule has 130 valence electrons. The van der Waals surface area contributed by atoms with Crippen molar-refractivity contribution in [3.63, 3.8) is 0 Å². The van der Waals surface area contributed by atoms with Crippen LogP contribution in [0.15, 0.2) is 35.4 Å². The van der Waals surface area contributed by atoms with E-state index < -0.39 is 11.7 Å². The highest BCUT2D eigenvalue weighted by Gasteiger charge is 2.35. The van der Waals surface area contributed by atoms with Gasteiger partial charge in [0.1, 0.15) is 5.60 Å². The van der Waals surface area contributed by atoms with Gasteiger partial charge < -0.3 is 10.1 Å². The number of likely N-dealkylation sites (tertiary alicyclic amines) is 1. The first-order chi connectivity index (χ1) is 11.4. The van der Waals surface area contributed by atoms with Crippen LogP contribution in [0.2, 0.25) is 0 Å². The largest absolute Gasteiger partial charge is 0.444 e. The molecule has 24 heavy (non-hydrogen) atoms. The van der Waals surface area contributed by atoms with E-state index in [-0.39, 0.29) is 12.1 Å². The zero-order valence-corrected chi connectivity index (χ0v) is 14.5. The van der Waals surface area contributed by atoms with Crippen molar-refractivity contribution in [2.75, 3.05) is 13.1 Å². The van der Waals surface area contributed by atoms with E-state index >= 15 is 0 Å². The van der Waals surface area contributed by atoms with Gasteiger partial charge in [0.25, 0.3) is 0 Å². The molecule has 1 aliphatic heterocycles. The van der Waals surface area contributed by atoms with Gasteiger partial charge in [-0.15, -0.1) is 0 Å². The zero-order chi connectivity index (χ0) is 17.6. The lowest BCUT2D eigenvalue weighted by molar-refractivity contribution is 0.0492. The fourth-order valence-corrected chi connectivity index (χ4v) is 2.92. The summed E-state index contributed by atoms with van der Waals surface area (Å²) in [5, 5.41) is 6.65. The molecule has 0 bridgehead atoms. The molecule has 1 heterocycles. The molecule has 7 heteroatoms. The van der Waals surface area contributed by atoms with E-state index in [0.717, 1.165) is 19.5 Å². The number of benzene rings is 1. The Morgan fingerprint density at radius 1 is 1.42 bits per heavy atom. The van der Waals surface area contributed by atoms with Crippen molar-refractivity contribution >= 4 is 6.09 Å². The number of nitrogens with zero attached hydrogens (tertiary/aromatic N) is 4. The fourth-order valence-electron chi connectivity index (χ4n) is 2.92. The highest BCUT2D eigenvalue weighted by atomic mass is 16.6. The lowest BCUT2D eigenvalue weighted by atomic mass is 10.1. The Kier molecular flexibility index (Phi) is 6.06. The first-order valence-corrected chi connectivity index (χ1v) is 8.17. The van der Waals surface area contributed by atoms with Crippen LogP contribution >= 0.6 is 0 Å². The minimum atomic E-state index is -0.535. The Morgan fingerprint density at radius 2 is 2.12 bits per heavy atom. The number of amides is 1. The molecular formula is C17H25N5O2. The summed E-state index contributed by atoms with van der Waals surface area (Å²) in [6.07, 6.45) is 0.373. The van der Waals surface area contributed by atoms with Crippen molar-refractivity contribution in [1.29, 1.82) is 0 Å². The third kappa shape index (κ3) is 5.44. The second-order valence-electron chi connectivity index (χ2n) is 6.98.